The lowest BCUT2D eigenvalue weighted by molar-refractivity contribution is -0.271. The molecule has 0 unspecified atom stereocenters. The van der Waals surface area contributed by atoms with Crippen LogP contribution in [-0.4, -0.2) is 332 Å². The fraction of sp³-hybridized carbons (Fsp3) is 0.549. The van der Waals surface area contributed by atoms with Crippen molar-refractivity contribution in [3.05, 3.63) is 102 Å². The molecule has 5 aromatic rings. The fourth-order valence-electron chi connectivity index (χ4n) is 15.9. The van der Waals surface area contributed by atoms with Gasteiger partial charge in [-0.2, -0.15) is 0 Å². The molecule has 4 saturated heterocycles. The van der Waals surface area contributed by atoms with Gasteiger partial charge in [0.25, 0.3) is 11.8 Å². The van der Waals surface area contributed by atoms with Gasteiger partial charge in [-0.25, -0.2) is 24.4 Å². The number of rotatable bonds is 24. The number of urea groups is 1. The van der Waals surface area contributed by atoms with Gasteiger partial charge < -0.3 is 128 Å². The van der Waals surface area contributed by atoms with Gasteiger partial charge in [-0.3, -0.25) is 67.1 Å². The summed E-state index contributed by atoms with van der Waals surface area (Å²) in [5.74, 6) is -16.1. The highest BCUT2D eigenvalue weighted by Crippen LogP contribution is 2.32. The number of pyridine rings is 2. The summed E-state index contributed by atoms with van der Waals surface area (Å²) in [4.78, 5) is 258. The number of aliphatic hydroxyl groups is 3. The number of primary amides is 1. The molecule has 4 fully saturated rings. The van der Waals surface area contributed by atoms with Crippen LogP contribution in [0, 0.1) is 17.8 Å². The number of aromatic nitrogens is 2. The summed E-state index contributed by atoms with van der Waals surface area (Å²) in [7, 11) is 5.15. The number of amides is 17. The largest absolute Gasteiger partial charge is 0.486 e. The van der Waals surface area contributed by atoms with Crippen molar-refractivity contribution in [2.45, 2.75) is 218 Å². The number of carbonyl (C=O) groups is 17. The number of fused-ring (bicyclic) bond motifs is 4. The van der Waals surface area contributed by atoms with E-state index in [0.717, 1.165) is 24.5 Å². The number of aliphatic hydroxyl groups excluding tert-OH is 3. The number of carboxylic acids is 1. The SMILES string of the molecule is CC[C@H](C)[C@H]1C(=O)NC[C@@H](NC(=O)c2nc3ccccc3cc2O[C@@H]2O[C@H](C(=O)O)[C@@H](O)[C@H](O)[C@H]2O)C(=O)N2CCCC[C@H]2C(=O)NCC(=O)N(C)CC(=O)N(C)[C@@H]([C@@H](C)CC)C(=O)NC[C@@H](NC(=O)c2nc3ccccc3cc2OCc2ccc(NC(=O)[C@H](CCCNC(N)=O)NC(=O)[C@@H](NC(=O)OC(C)(C)C)C(C)C)cc2)C(=O)N2CCCC[C@H]2C(=O)NCC(=O)N(C)CC(=O)N1C. The van der Waals surface area contributed by atoms with Gasteiger partial charge in [0, 0.05) is 77.4 Å². The van der Waals surface area contributed by atoms with Crippen molar-refractivity contribution < 1.29 is 121 Å². The fourth-order valence-corrected chi connectivity index (χ4v) is 15.9. The Morgan fingerprint density at radius 1 is 0.585 bits per heavy atom. The predicted octanol–water partition coefficient (Wildman–Crippen LogP) is -0.145. The van der Waals surface area contributed by atoms with Crippen molar-refractivity contribution >= 4 is 128 Å². The van der Waals surface area contributed by atoms with Gasteiger partial charge in [0.1, 0.15) is 78.9 Å². The molecule has 0 bridgehead atoms. The number of ether oxygens (including phenoxy) is 4. The Morgan fingerprint density at radius 2 is 1.06 bits per heavy atom. The number of hydrogen-bond donors (Lipinski definition) is 15. The van der Waals surface area contributed by atoms with E-state index in [1.807, 2.05) is 0 Å². The monoisotopic (exact) mass is 1880 g/mol. The molecule has 6 heterocycles. The Hall–Kier alpha value is -13.5. The summed E-state index contributed by atoms with van der Waals surface area (Å²) < 4.78 is 23.1. The second-order valence-corrected chi connectivity index (χ2v) is 35.5. The van der Waals surface area contributed by atoms with Crippen molar-refractivity contribution in [2.75, 3.05) is 92.4 Å². The minimum Gasteiger partial charge on any atom is -0.486 e. The third kappa shape index (κ3) is 28.1. The number of nitrogens with two attached hydrogens (primary N) is 1. The van der Waals surface area contributed by atoms with E-state index in [-0.39, 0.29) is 87.4 Å². The van der Waals surface area contributed by atoms with Crippen LogP contribution in [0.3, 0.4) is 0 Å². The number of para-hydroxylation sites is 2. The van der Waals surface area contributed by atoms with E-state index < -0.39 is 254 Å². The number of carboxylic acid groups (broad SMARTS) is 1. The third-order valence-corrected chi connectivity index (χ3v) is 24.0. The zero-order chi connectivity index (χ0) is 99.1. The number of hydrogen-bond acceptors (Lipinski definition) is 26. The van der Waals surface area contributed by atoms with Crippen LogP contribution in [0.15, 0.2) is 84.9 Å². The van der Waals surface area contributed by atoms with E-state index >= 15 is 24.0 Å². The number of aliphatic carboxylic acids is 1. The molecule has 44 heteroatoms. The number of nitrogens with zero attached hydrogens (tertiary/aromatic N) is 8. The molecule has 9 rings (SSSR count). The highest BCUT2D eigenvalue weighted by Gasteiger charge is 2.50. The minimum absolute atomic E-state index is 0.00262. The maximum absolute atomic E-state index is 15.6. The summed E-state index contributed by atoms with van der Waals surface area (Å²) in [5, 5.41) is 69.5. The van der Waals surface area contributed by atoms with E-state index in [1.54, 1.807) is 135 Å². The molecular formula is C91H125N19O25. The van der Waals surface area contributed by atoms with E-state index in [4.69, 9.17) is 29.7 Å². The Bertz CT molecular complexity index is 5170. The van der Waals surface area contributed by atoms with Crippen LogP contribution in [0.4, 0.5) is 15.3 Å². The van der Waals surface area contributed by atoms with E-state index in [0.29, 0.717) is 47.5 Å². The molecule has 3 aromatic carbocycles. The van der Waals surface area contributed by atoms with Crippen molar-refractivity contribution in [1.29, 1.82) is 0 Å². The number of piperidine rings is 2. The lowest BCUT2D eigenvalue weighted by Crippen LogP contribution is -2.62. The Balaban J connectivity index is 0.984. The van der Waals surface area contributed by atoms with Crippen molar-refractivity contribution in [2.24, 2.45) is 23.5 Å². The van der Waals surface area contributed by atoms with Crippen LogP contribution in [-0.2, 0) is 78.4 Å². The molecule has 0 radical (unpaired) electrons. The summed E-state index contributed by atoms with van der Waals surface area (Å²) in [6.45, 7) is 10.5. The average Bonchev–Trinajstić information content (AvgIpc) is 0.771. The van der Waals surface area contributed by atoms with E-state index in [2.05, 4.69) is 58.2 Å². The molecule has 15 atom stereocenters. The molecule has 2 aromatic heterocycles. The number of alkyl carbamates (subject to hydrolysis) is 1. The highest BCUT2D eigenvalue weighted by atomic mass is 16.7. The van der Waals surface area contributed by atoms with Gasteiger partial charge >= 0.3 is 18.1 Å². The molecule has 4 aliphatic heterocycles. The van der Waals surface area contributed by atoms with E-state index in [9.17, 15) is 78.0 Å². The van der Waals surface area contributed by atoms with Crippen molar-refractivity contribution in [1.82, 2.24) is 87.2 Å². The summed E-state index contributed by atoms with van der Waals surface area (Å²) >= 11 is 0. The van der Waals surface area contributed by atoms with Crippen LogP contribution < -0.4 is 68.4 Å². The third-order valence-electron chi connectivity index (χ3n) is 24.0. The van der Waals surface area contributed by atoms with Gasteiger partial charge in [-0.15, -0.1) is 0 Å². The maximum Gasteiger partial charge on any atom is 0.408 e. The minimum atomic E-state index is -2.14. The zero-order valence-corrected chi connectivity index (χ0v) is 78.0. The van der Waals surface area contributed by atoms with Crippen LogP contribution >= 0.6 is 0 Å². The highest BCUT2D eigenvalue weighted by molar-refractivity contribution is 6.04. The summed E-state index contributed by atoms with van der Waals surface area (Å²) in [6.07, 6.45) is -9.27. The van der Waals surface area contributed by atoms with Gasteiger partial charge in [-0.1, -0.05) is 103 Å². The van der Waals surface area contributed by atoms with Crippen molar-refractivity contribution in [3.63, 3.8) is 0 Å². The molecule has 16 N–H and O–H groups in total. The Morgan fingerprint density at radius 3 is 1.52 bits per heavy atom. The lowest BCUT2D eigenvalue weighted by Gasteiger charge is -2.38. The van der Waals surface area contributed by atoms with Crippen LogP contribution in [0.25, 0.3) is 21.8 Å². The Kier molecular flexibility index (Phi) is 37.3. The summed E-state index contributed by atoms with van der Waals surface area (Å²) in [6, 6.07) is 10.0. The van der Waals surface area contributed by atoms with Gasteiger partial charge in [0.15, 0.2) is 29.0 Å². The Labute approximate surface area is 780 Å². The first kappa shape index (κ1) is 105. The van der Waals surface area contributed by atoms with E-state index in [1.165, 1.54) is 45.2 Å². The molecule has 4 aliphatic rings. The zero-order valence-electron chi connectivity index (χ0n) is 78.0. The normalized spacial score (nSPS) is 23.3. The number of benzene rings is 3. The molecule has 17 amide bonds. The molecule has 0 aliphatic carbocycles. The smallest absolute Gasteiger partial charge is 0.408 e. The van der Waals surface area contributed by atoms with Crippen molar-refractivity contribution in [3.8, 4) is 11.5 Å². The van der Waals surface area contributed by atoms with Gasteiger partial charge in [0.05, 0.1) is 37.2 Å². The lowest BCUT2D eigenvalue weighted by atomic mass is 9.96. The number of anilines is 1. The van der Waals surface area contributed by atoms with Gasteiger partial charge in [0.2, 0.25) is 77.2 Å². The number of nitrogens with one attached hydrogen (secondary N) is 10. The molecular weight excluding hydrogens is 1760 g/mol. The number of carbonyl (C=O) groups excluding carboxylic acids is 16. The molecule has 44 nitrogen and oxygen atoms in total. The van der Waals surface area contributed by atoms with Crippen LogP contribution in [0.5, 0.6) is 11.5 Å². The average molecular weight is 1890 g/mol. The second-order valence-electron chi connectivity index (χ2n) is 35.5. The first-order chi connectivity index (χ1) is 63.9. The maximum atomic E-state index is 15.6. The molecule has 0 saturated carbocycles. The van der Waals surface area contributed by atoms with Crippen LogP contribution in [0.1, 0.15) is 153 Å². The first-order valence-corrected chi connectivity index (χ1v) is 45.0. The predicted molar refractivity (Wildman–Crippen MR) is 485 cm³/mol. The number of likely N-dealkylation sites (N-methyl/N-ethyl adjacent to an activating group) is 4. The first-order valence-electron chi connectivity index (χ1n) is 45.0. The summed E-state index contributed by atoms with van der Waals surface area (Å²) in [5.41, 5.74) is 4.68. The van der Waals surface area contributed by atoms with Crippen LogP contribution in [0.2, 0.25) is 0 Å². The topological polar surface area (TPSA) is 600 Å². The second kappa shape index (κ2) is 47.9. The molecule has 0 spiro atoms. The molecule has 734 valence electrons. The van der Waals surface area contributed by atoms with Gasteiger partial charge in [-0.05, 0) is 132 Å². The molecule has 135 heavy (non-hydrogen) atoms. The standard InChI is InChI=1S/C91H125N19O25/c1-14-49(5)71-83(124)94-41-58(102-81(122)69-62(39-52-25-16-18-27-55(52)99-69)132-47-51-32-34-54(35-33-51)98-77(118)57(29-24-36-93-89(92)130)101-80(121)68(48(3)4)104-90(131)135-91(7,8)9)85(126)109-37-22-20-30-60(109)78(119)96-43-64(111)106(11)46-67(114)108(13)72(50(6)15-2)84(125)95-42-59(86(127)110-38-23-21-31-61(110)79(120)97-44-65(112)105(10)45-66(113)107(71)12)103-82(123)70-63(40-53-26-17-19-28-56(53)100-70)133-88-75(117)73(115)74(116)76(134-88)87(128)129/h16-19,25-28,32-35,39-40,48-50,57-61,68,71-76,88,115-117H,14-15,20-24,29-31,36-38,41-47H2,1-13H3,(H,94,124)(H,95,125)(H,96,119)(H,97,120)(H,98,118)(H,101,121)(H,102,122)(H,103,123)(H,104,131)(H,128,129)(H3,92,93,130)/t49-,50-,57-,58+,59+,60-,61-,68-,71-,72-,73-,74-,75+,76-,88+/m0/s1. The quantitative estimate of drug-likeness (QED) is 0.0357.